The summed E-state index contributed by atoms with van der Waals surface area (Å²) in [6, 6.07) is 0.222. The normalized spacial score (nSPS) is 35.4. The Kier molecular flexibility index (Phi) is 2.00. The Morgan fingerprint density at radius 1 is 1.43 bits per heavy atom. The van der Waals surface area contributed by atoms with E-state index in [1.165, 1.54) is 0 Å². The molecule has 0 aromatic rings. The quantitative estimate of drug-likeness (QED) is 0.636. The van der Waals surface area contributed by atoms with Crippen molar-refractivity contribution in [1.82, 2.24) is 4.90 Å². The summed E-state index contributed by atoms with van der Waals surface area (Å²) in [6.07, 6.45) is 1.02. The summed E-state index contributed by atoms with van der Waals surface area (Å²) in [4.78, 5) is 13.3. The van der Waals surface area contributed by atoms with E-state index in [9.17, 15) is 9.90 Å². The lowest BCUT2D eigenvalue weighted by molar-refractivity contribution is -0.0191. The average molecular weight is 199 g/mol. The smallest absolute Gasteiger partial charge is 0.410 e. The Labute approximate surface area is 83.8 Å². The van der Waals surface area contributed by atoms with Crippen molar-refractivity contribution in [3.05, 3.63) is 0 Å². The van der Waals surface area contributed by atoms with Gasteiger partial charge in [-0.15, -0.1) is 0 Å². The topological polar surface area (TPSA) is 49.8 Å². The van der Waals surface area contributed by atoms with Crippen LogP contribution < -0.4 is 0 Å². The predicted molar refractivity (Wildman–Crippen MR) is 50.9 cm³/mol. The van der Waals surface area contributed by atoms with Crippen LogP contribution in [0.1, 0.15) is 33.6 Å². The van der Waals surface area contributed by atoms with Crippen molar-refractivity contribution < 1.29 is 14.6 Å². The molecule has 1 saturated carbocycles. The molecular weight excluding hydrogens is 182 g/mol. The molecule has 0 aromatic heterocycles. The lowest BCUT2D eigenvalue weighted by atomic mass is 10.0. The van der Waals surface area contributed by atoms with E-state index in [1.807, 2.05) is 20.8 Å². The van der Waals surface area contributed by atoms with Gasteiger partial charge < -0.3 is 9.84 Å². The lowest BCUT2D eigenvalue weighted by Crippen LogP contribution is -2.55. The van der Waals surface area contributed by atoms with Gasteiger partial charge in [0.25, 0.3) is 0 Å². The van der Waals surface area contributed by atoms with E-state index >= 15 is 0 Å². The molecule has 1 N–H and O–H groups in total. The van der Waals surface area contributed by atoms with Gasteiger partial charge in [0.05, 0.1) is 12.1 Å². The van der Waals surface area contributed by atoms with Crippen LogP contribution in [-0.4, -0.2) is 39.9 Å². The number of ether oxygens (including phenoxy) is 1. The van der Waals surface area contributed by atoms with Crippen LogP contribution in [0.15, 0.2) is 0 Å². The van der Waals surface area contributed by atoms with Crippen LogP contribution in [0.2, 0.25) is 0 Å². The minimum absolute atomic E-state index is 0.00912. The van der Waals surface area contributed by atoms with E-state index in [4.69, 9.17) is 4.74 Å². The second-order valence-corrected chi connectivity index (χ2v) is 5.15. The molecule has 14 heavy (non-hydrogen) atoms. The zero-order chi connectivity index (χ0) is 10.5. The summed E-state index contributed by atoms with van der Waals surface area (Å²) in [5, 5.41) is 9.51. The highest BCUT2D eigenvalue weighted by molar-refractivity contribution is 5.71. The van der Waals surface area contributed by atoms with Gasteiger partial charge in [0.1, 0.15) is 5.60 Å². The molecule has 2 aliphatic heterocycles. The van der Waals surface area contributed by atoms with Crippen LogP contribution in [0.4, 0.5) is 4.79 Å². The number of hydrogen-bond acceptors (Lipinski definition) is 3. The first-order valence-electron chi connectivity index (χ1n) is 5.08. The Morgan fingerprint density at radius 3 is 2.43 bits per heavy atom. The van der Waals surface area contributed by atoms with E-state index in [0.29, 0.717) is 6.42 Å². The second-order valence-electron chi connectivity index (χ2n) is 5.15. The third-order valence-corrected chi connectivity index (χ3v) is 2.83. The Hall–Kier alpha value is -0.770. The fraction of sp³-hybridized carbons (Fsp3) is 0.900. The van der Waals surface area contributed by atoms with Gasteiger partial charge in [0.15, 0.2) is 0 Å². The summed E-state index contributed by atoms with van der Waals surface area (Å²) in [5.74, 6) is 0. The van der Waals surface area contributed by atoms with Crippen molar-refractivity contribution in [3.8, 4) is 0 Å². The SMILES string of the molecule is CC(C)(C)OC(=O)N1[C@H]2CC(O)[C@@H]1C2. The minimum Gasteiger partial charge on any atom is -0.444 e. The summed E-state index contributed by atoms with van der Waals surface area (Å²) in [5.41, 5.74) is -0.447. The van der Waals surface area contributed by atoms with Crippen LogP contribution >= 0.6 is 0 Å². The van der Waals surface area contributed by atoms with Gasteiger partial charge in [-0.25, -0.2) is 4.79 Å². The molecule has 1 amide bonds. The zero-order valence-electron chi connectivity index (χ0n) is 8.86. The minimum atomic E-state index is -0.447. The number of aliphatic hydroxyl groups excluding tert-OH is 1. The fourth-order valence-electron chi connectivity index (χ4n) is 2.23. The highest BCUT2D eigenvalue weighted by atomic mass is 16.6. The summed E-state index contributed by atoms with van der Waals surface area (Å²) >= 11 is 0. The van der Waals surface area contributed by atoms with Crippen molar-refractivity contribution in [3.63, 3.8) is 0 Å². The second kappa shape index (κ2) is 2.86. The molecule has 0 radical (unpaired) electrons. The largest absolute Gasteiger partial charge is 0.444 e. The number of carbonyl (C=O) groups is 1. The molecule has 0 aromatic carbocycles. The van der Waals surface area contributed by atoms with Gasteiger partial charge >= 0.3 is 6.09 Å². The molecule has 3 aliphatic rings. The van der Waals surface area contributed by atoms with Crippen LogP contribution in [-0.2, 0) is 4.74 Å². The third-order valence-electron chi connectivity index (χ3n) is 2.83. The van der Waals surface area contributed by atoms with Gasteiger partial charge in [0, 0.05) is 6.04 Å². The van der Waals surface area contributed by atoms with Gasteiger partial charge in [0.2, 0.25) is 0 Å². The molecule has 0 spiro atoms. The molecule has 2 saturated heterocycles. The number of nitrogens with zero attached hydrogens (tertiary/aromatic N) is 1. The summed E-state index contributed by atoms with van der Waals surface area (Å²) < 4.78 is 5.25. The molecule has 3 atom stereocenters. The molecule has 4 heteroatoms. The van der Waals surface area contributed by atoms with E-state index in [0.717, 1.165) is 6.42 Å². The van der Waals surface area contributed by atoms with Crippen molar-refractivity contribution in [2.45, 2.75) is 57.4 Å². The molecule has 1 aliphatic carbocycles. The average Bonchev–Trinajstić information content (AvgIpc) is 2.37. The maximum Gasteiger partial charge on any atom is 0.410 e. The number of rotatable bonds is 0. The van der Waals surface area contributed by atoms with Crippen molar-refractivity contribution in [2.75, 3.05) is 0 Å². The van der Waals surface area contributed by atoms with Crippen LogP contribution in [0.25, 0.3) is 0 Å². The molecule has 80 valence electrons. The zero-order valence-corrected chi connectivity index (χ0v) is 8.86. The standard InChI is InChI=1S/C10H17NO3/c1-10(2,3)14-9(13)11-6-4-7(11)8(12)5-6/h6-8,12H,4-5H2,1-3H3/t6-,7+,8?/m1/s1. The number of amides is 1. The molecule has 1 unspecified atom stereocenters. The van der Waals surface area contributed by atoms with Crippen molar-refractivity contribution in [2.24, 2.45) is 0 Å². The first-order valence-corrected chi connectivity index (χ1v) is 5.08. The molecule has 2 bridgehead atoms. The molecular formula is C10H17NO3. The number of aliphatic hydroxyl groups is 1. The first kappa shape index (κ1) is 9.77. The van der Waals surface area contributed by atoms with E-state index < -0.39 is 5.60 Å². The lowest BCUT2D eigenvalue weighted by Gasteiger charge is -2.41. The van der Waals surface area contributed by atoms with Gasteiger partial charge in [-0.05, 0) is 33.6 Å². The van der Waals surface area contributed by atoms with Crippen LogP contribution in [0.5, 0.6) is 0 Å². The van der Waals surface area contributed by atoms with Crippen LogP contribution in [0, 0.1) is 0 Å². The predicted octanol–water partition coefficient (Wildman–Crippen LogP) is 1.13. The summed E-state index contributed by atoms with van der Waals surface area (Å²) in [6.45, 7) is 5.55. The highest BCUT2D eigenvalue weighted by Gasteiger charge is 2.54. The monoisotopic (exact) mass is 199 g/mol. The van der Waals surface area contributed by atoms with Crippen LogP contribution in [0.3, 0.4) is 0 Å². The third kappa shape index (κ3) is 1.47. The highest BCUT2D eigenvalue weighted by Crippen LogP contribution is 2.41. The van der Waals surface area contributed by atoms with Gasteiger partial charge in [-0.2, -0.15) is 0 Å². The molecule has 3 fully saturated rings. The number of hydrogen-bond donors (Lipinski definition) is 1. The Bertz CT molecular complexity index is 259. The van der Waals surface area contributed by atoms with Gasteiger partial charge in [-0.1, -0.05) is 0 Å². The fourth-order valence-corrected chi connectivity index (χ4v) is 2.23. The molecule has 3 rings (SSSR count). The van der Waals surface area contributed by atoms with Crippen molar-refractivity contribution in [1.29, 1.82) is 0 Å². The maximum absolute atomic E-state index is 11.6. The summed E-state index contributed by atoms with van der Waals surface area (Å²) in [7, 11) is 0. The Balaban J connectivity index is 1.95. The maximum atomic E-state index is 11.6. The first-order chi connectivity index (χ1) is 6.38. The van der Waals surface area contributed by atoms with E-state index in [-0.39, 0.29) is 24.3 Å². The van der Waals surface area contributed by atoms with E-state index in [1.54, 1.807) is 4.90 Å². The molecule has 2 heterocycles. The number of fused-ring (bicyclic) bond motifs is 1. The Morgan fingerprint density at radius 2 is 2.07 bits per heavy atom. The van der Waals surface area contributed by atoms with Gasteiger partial charge in [-0.3, -0.25) is 4.90 Å². The van der Waals surface area contributed by atoms with E-state index in [2.05, 4.69) is 0 Å². The number of carbonyl (C=O) groups excluding carboxylic acids is 1. The molecule has 4 nitrogen and oxygen atoms in total. The van der Waals surface area contributed by atoms with Crippen molar-refractivity contribution >= 4 is 6.09 Å².